The average Bonchev–Trinajstić information content (AvgIpc) is 2.67. The quantitative estimate of drug-likeness (QED) is 0.798. The van der Waals surface area contributed by atoms with E-state index in [2.05, 4.69) is 9.71 Å². The SMILES string of the molecule is CS(=O)(=O)NCc1ccc2[nH]cc(C=O)c2c1. The summed E-state index contributed by atoms with van der Waals surface area (Å²) < 4.78 is 24.3. The molecule has 6 heteroatoms. The number of nitrogens with one attached hydrogen (secondary N) is 2. The molecule has 90 valence electrons. The van der Waals surface area contributed by atoms with Gasteiger partial charge in [0.25, 0.3) is 0 Å². The standard InChI is InChI=1S/C11H12N2O3S/c1-17(15,16)13-5-8-2-3-11-10(4-8)9(7-14)6-12-11/h2-4,6-7,12-13H,5H2,1H3. The first-order valence-corrected chi connectivity index (χ1v) is 6.88. The highest BCUT2D eigenvalue weighted by atomic mass is 32.2. The van der Waals surface area contributed by atoms with Crippen molar-refractivity contribution < 1.29 is 13.2 Å². The second-order valence-electron chi connectivity index (χ2n) is 3.84. The van der Waals surface area contributed by atoms with Crippen molar-refractivity contribution in [3.8, 4) is 0 Å². The molecule has 2 N–H and O–H groups in total. The van der Waals surface area contributed by atoms with Gasteiger partial charge in [-0.1, -0.05) is 6.07 Å². The van der Waals surface area contributed by atoms with Crippen LogP contribution in [0.25, 0.3) is 10.9 Å². The summed E-state index contributed by atoms with van der Waals surface area (Å²) >= 11 is 0. The second kappa shape index (κ2) is 4.31. The highest BCUT2D eigenvalue weighted by Crippen LogP contribution is 2.18. The van der Waals surface area contributed by atoms with Gasteiger partial charge in [0.1, 0.15) is 0 Å². The molecule has 1 aromatic heterocycles. The number of rotatable bonds is 4. The molecule has 2 rings (SSSR count). The zero-order chi connectivity index (χ0) is 12.5. The zero-order valence-electron chi connectivity index (χ0n) is 9.23. The number of carbonyl (C=O) groups is 1. The number of hydrogen-bond acceptors (Lipinski definition) is 3. The molecule has 0 amide bonds. The highest BCUT2D eigenvalue weighted by molar-refractivity contribution is 7.88. The number of H-pyrrole nitrogens is 1. The molecule has 0 spiro atoms. The van der Waals surface area contributed by atoms with Crippen molar-refractivity contribution in [2.45, 2.75) is 6.54 Å². The minimum Gasteiger partial charge on any atom is -0.360 e. The summed E-state index contributed by atoms with van der Waals surface area (Å²) in [5.41, 5.74) is 2.24. The molecule has 0 unspecified atom stereocenters. The maximum atomic E-state index is 11.0. The van der Waals surface area contributed by atoms with Crippen LogP contribution >= 0.6 is 0 Å². The Morgan fingerprint density at radius 1 is 1.41 bits per heavy atom. The topological polar surface area (TPSA) is 79.0 Å². The molecule has 5 nitrogen and oxygen atoms in total. The van der Waals surface area contributed by atoms with E-state index in [1.807, 2.05) is 12.1 Å². The minimum absolute atomic E-state index is 0.220. The van der Waals surface area contributed by atoms with Gasteiger partial charge in [-0.3, -0.25) is 4.79 Å². The van der Waals surface area contributed by atoms with Crippen LogP contribution in [0.15, 0.2) is 24.4 Å². The number of aldehydes is 1. The van der Waals surface area contributed by atoms with E-state index in [0.717, 1.165) is 29.0 Å². The number of hydrogen-bond donors (Lipinski definition) is 2. The lowest BCUT2D eigenvalue weighted by Gasteiger charge is -2.02. The Morgan fingerprint density at radius 3 is 2.82 bits per heavy atom. The first kappa shape index (κ1) is 11.8. The molecular weight excluding hydrogens is 240 g/mol. The molecule has 1 heterocycles. The Morgan fingerprint density at radius 2 is 2.18 bits per heavy atom. The second-order valence-corrected chi connectivity index (χ2v) is 5.67. The third-order valence-corrected chi connectivity index (χ3v) is 3.11. The third kappa shape index (κ3) is 2.72. The van der Waals surface area contributed by atoms with Gasteiger partial charge < -0.3 is 4.98 Å². The van der Waals surface area contributed by atoms with Gasteiger partial charge in [-0.05, 0) is 17.7 Å². The Labute approximate surface area is 98.9 Å². The molecule has 0 aliphatic rings. The first-order valence-electron chi connectivity index (χ1n) is 4.99. The third-order valence-electron chi connectivity index (χ3n) is 2.44. The molecule has 0 fully saturated rings. The van der Waals surface area contributed by atoms with Crippen LogP contribution < -0.4 is 4.72 Å². The molecule has 0 radical (unpaired) electrons. The molecule has 0 bridgehead atoms. The van der Waals surface area contributed by atoms with E-state index in [9.17, 15) is 13.2 Å². The lowest BCUT2D eigenvalue weighted by Crippen LogP contribution is -2.21. The summed E-state index contributed by atoms with van der Waals surface area (Å²) in [6.45, 7) is 0.220. The van der Waals surface area contributed by atoms with Crippen molar-refractivity contribution in [1.82, 2.24) is 9.71 Å². The van der Waals surface area contributed by atoms with Crippen LogP contribution in [-0.2, 0) is 16.6 Å². The van der Waals surface area contributed by atoms with Crippen LogP contribution in [0.5, 0.6) is 0 Å². The number of fused-ring (bicyclic) bond motifs is 1. The molecule has 0 saturated heterocycles. The molecule has 17 heavy (non-hydrogen) atoms. The van der Waals surface area contributed by atoms with E-state index in [0.29, 0.717) is 5.56 Å². The maximum Gasteiger partial charge on any atom is 0.209 e. The van der Waals surface area contributed by atoms with Crippen molar-refractivity contribution in [1.29, 1.82) is 0 Å². The Bertz CT molecular complexity index is 658. The largest absolute Gasteiger partial charge is 0.360 e. The molecule has 2 aromatic rings. The van der Waals surface area contributed by atoms with Crippen molar-refractivity contribution in [2.24, 2.45) is 0 Å². The van der Waals surface area contributed by atoms with E-state index in [1.54, 1.807) is 12.3 Å². The number of aromatic amines is 1. The fourth-order valence-electron chi connectivity index (χ4n) is 1.61. The lowest BCUT2D eigenvalue weighted by molar-refractivity contribution is 0.112. The van der Waals surface area contributed by atoms with E-state index >= 15 is 0 Å². The van der Waals surface area contributed by atoms with Gasteiger partial charge in [0.15, 0.2) is 6.29 Å². The van der Waals surface area contributed by atoms with Gasteiger partial charge in [-0.15, -0.1) is 0 Å². The summed E-state index contributed by atoms with van der Waals surface area (Å²) in [5.74, 6) is 0. The summed E-state index contributed by atoms with van der Waals surface area (Å²) in [7, 11) is -3.21. The maximum absolute atomic E-state index is 11.0. The van der Waals surface area contributed by atoms with Gasteiger partial charge in [0.2, 0.25) is 10.0 Å². The summed E-state index contributed by atoms with van der Waals surface area (Å²) in [6, 6.07) is 5.43. The molecule has 0 atom stereocenters. The smallest absolute Gasteiger partial charge is 0.209 e. The predicted octanol–water partition coefficient (Wildman–Crippen LogP) is 1.03. The van der Waals surface area contributed by atoms with E-state index in [-0.39, 0.29) is 6.54 Å². The Balaban J connectivity index is 2.33. The molecule has 0 aliphatic carbocycles. The van der Waals surface area contributed by atoms with Crippen molar-refractivity contribution in [3.05, 3.63) is 35.5 Å². The normalized spacial score (nSPS) is 11.8. The molecule has 0 aliphatic heterocycles. The number of aromatic nitrogens is 1. The van der Waals surface area contributed by atoms with Crippen LogP contribution in [0.3, 0.4) is 0 Å². The number of carbonyl (C=O) groups excluding carboxylic acids is 1. The van der Waals surface area contributed by atoms with Crippen molar-refractivity contribution >= 4 is 27.2 Å². The van der Waals surface area contributed by atoms with Gasteiger partial charge in [-0.2, -0.15) is 0 Å². The zero-order valence-corrected chi connectivity index (χ0v) is 10.0. The highest BCUT2D eigenvalue weighted by Gasteiger charge is 2.05. The van der Waals surface area contributed by atoms with E-state index in [1.165, 1.54) is 0 Å². The lowest BCUT2D eigenvalue weighted by atomic mass is 10.1. The average molecular weight is 252 g/mol. The van der Waals surface area contributed by atoms with E-state index < -0.39 is 10.0 Å². The van der Waals surface area contributed by atoms with Crippen LogP contribution in [0.1, 0.15) is 15.9 Å². The van der Waals surface area contributed by atoms with Crippen molar-refractivity contribution in [3.63, 3.8) is 0 Å². The van der Waals surface area contributed by atoms with Gasteiger partial charge in [0.05, 0.1) is 6.26 Å². The van der Waals surface area contributed by atoms with Crippen LogP contribution in [-0.4, -0.2) is 25.9 Å². The Kier molecular flexibility index (Phi) is 2.99. The fraction of sp³-hybridized carbons (Fsp3) is 0.182. The number of sulfonamides is 1. The summed E-state index contributed by atoms with van der Waals surface area (Å²) in [4.78, 5) is 13.7. The monoisotopic (exact) mass is 252 g/mol. The number of benzene rings is 1. The van der Waals surface area contributed by atoms with Crippen LogP contribution in [0, 0.1) is 0 Å². The summed E-state index contributed by atoms with van der Waals surface area (Å²) in [5, 5.41) is 0.799. The predicted molar refractivity (Wildman–Crippen MR) is 65.4 cm³/mol. The molecule has 0 saturated carbocycles. The van der Waals surface area contributed by atoms with Gasteiger partial charge in [0, 0.05) is 29.2 Å². The minimum atomic E-state index is -3.21. The fourth-order valence-corrected chi connectivity index (χ4v) is 2.04. The van der Waals surface area contributed by atoms with Gasteiger partial charge >= 0.3 is 0 Å². The summed E-state index contributed by atoms with van der Waals surface area (Å²) in [6.07, 6.45) is 3.51. The van der Waals surface area contributed by atoms with Gasteiger partial charge in [-0.25, -0.2) is 13.1 Å². The van der Waals surface area contributed by atoms with E-state index in [4.69, 9.17) is 0 Å². The van der Waals surface area contributed by atoms with Crippen LogP contribution in [0.4, 0.5) is 0 Å². The molecular formula is C11H12N2O3S. The molecule has 1 aromatic carbocycles. The first-order chi connectivity index (χ1) is 7.99. The van der Waals surface area contributed by atoms with Crippen LogP contribution in [0.2, 0.25) is 0 Å². The van der Waals surface area contributed by atoms with Crippen molar-refractivity contribution in [2.75, 3.05) is 6.26 Å². The Hall–Kier alpha value is -1.66.